The fraction of sp³-hybridized carbons (Fsp3) is 0.600. The van der Waals surface area contributed by atoms with Gasteiger partial charge in [-0.15, -0.1) is 20.4 Å². The highest BCUT2D eigenvalue weighted by molar-refractivity contribution is 8.03. The molecule has 2 rings (SSSR count). The fourth-order valence-electron chi connectivity index (χ4n) is 1.15. The van der Waals surface area contributed by atoms with Crippen LogP contribution in [0.4, 0.5) is 0 Å². The maximum atomic E-state index is 5.60. The molecule has 2 heterocycles. The van der Waals surface area contributed by atoms with Crippen LogP contribution in [0.25, 0.3) is 0 Å². The summed E-state index contributed by atoms with van der Waals surface area (Å²) in [5, 5.41) is 16.3. The van der Waals surface area contributed by atoms with Crippen LogP contribution in [-0.4, -0.2) is 57.6 Å². The number of thioether (sulfide) groups is 4. The van der Waals surface area contributed by atoms with Crippen LogP contribution in [0.15, 0.2) is 17.4 Å². The molecule has 21 heavy (non-hydrogen) atoms. The number of aromatic nitrogens is 4. The van der Waals surface area contributed by atoms with Crippen molar-refractivity contribution in [1.29, 1.82) is 0 Å². The van der Waals surface area contributed by atoms with Gasteiger partial charge < -0.3 is 4.74 Å². The van der Waals surface area contributed by atoms with Gasteiger partial charge in [-0.05, 0) is 12.5 Å². The summed E-state index contributed by atoms with van der Waals surface area (Å²) in [5.74, 6) is 1.81. The molecule has 0 spiro atoms. The molecule has 2 aromatic rings. The number of ether oxygens (including phenoxy) is 1. The number of hydrogen-bond donors (Lipinski definition) is 0. The number of hydrogen-bond acceptors (Lipinski definition) is 11. The lowest BCUT2D eigenvalue weighted by atomic mass is 10.8. The molecule has 5 nitrogen and oxygen atoms in total. The smallest absolute Gasteiger partial charge is 0.175 e. The molecule has 0 radical (unpaired) electrons. The number of nitrogens with zero attached hydrogens (tertiary/aromatic N) is 4. The topological polar surface area (TPSA) is 60.8 Å². The lowest BCUT2D eigenvalue weighted by Gasteiger charge is -2.01. The molecule has 0 saturated heterocycles. The van der Waals surface area contributed by atoms with Crippen molar-refractivity contribution in [3.8, 4) is 0 Å². The molecule has 0 saturated carbocycles. The molecule has 2 aromatic heterocycles. The minimum Gasteiger partial charge on any atom is -0.380 e. The summed E-state index contributed by atoms with van der Waals surface area (Å²) in [7, 11) is 0. The van der Waals surface area contributed by atoms with Gasteiger partial charge in [0.15, 0.2) is 17.4 Å². The van der Waals surface area contributed by atoms with Gasteiger partial charge in [-0.3, -0.25) is 0 Å². The van der Waals surface area contributed by atoms with Crippen molar-refractivity contribution < 1.29 is 4.74 Å². The Morgan fingerprint density at radius 3 is 1.57 bits per heavy atom. The highest BCUT2D eigenvalue weighted by Gasteiger charge is 2.04. The zero-order valence-corrected chi connectivity index (χ0v) is 16.4. The van der Waals surface area contributed by atoms with E-state index in [9.17, 15) is 0 Å². The maximum Gasteiger partial charge on any atom is 0.175 e. The summed E-state index contributed by atoms with van der Waals surface area (Å²) in [6.45, 7) is 1.46. The van der Waals surface area contributed by atoms with E-state index in [0.717, 1.165) is 42.1 Å². The summed E-state index contributed by atoms with van der Waals surface area (Å²) < 4.78 is 9.65. The van der Waals surface area contributed by atoms with E-state index in [2.05, 4.69) is 20.4 Å². The van der Waals surface area contributed by atoms with Crippen LogP contribution in [-0.2, 0) is 4.74 Å². The van der Waals surface area contributed by atoms with Gasteiger partial charge in [-0.25, -0.2) is 0 Å². The molecule has 116 valence electrons. The second kappa shape index (κ2) is 10.3. The van der Waals surface area contributed by atoms with Crippen LogP contribution in [0.5, 0.6) is 0 Å². The van der Waals surface area contributed by atoms with E-state index in [-0.39, 0.29) is 0 Å². The Morgan fingerprint density at radius 2 is 1.19 bits per heavy atom. The zero-order chi connectivity index (χ0) is 14.9. The Hall–Kier alpha value is 0.480. The third-order valence-electron chi connectivity index (χ3n) is 2.03. The first-order valence-corrected chi connectivity index (χ1v) is 12.0. The lowest BCUT2D eigenvalue weighted by Crippen LogP contribution is -2.01. The largest absolute Gasteiger partial charge is 0.380 e. The third-order valence-corrected chi connectivity index (χ3v) is 8.02. The van der Waals surface area contributed by atoms with Crippen LogP contribution in [0.2, 0.25) is 0 Å². The van der Waals surface area contributed by atoms with E-state index < -0.39 is 0 Å². The summed E-state index contributed by atoms with van der Waals surface area (Å²) in [4.78, 5) is 0. The van der Waals surface area contributed by atoms with Gasteiger partial charge in [0, 0.05) is 11.5 Å². The Morgan fingerprint density at radius 1 is 0.762 bits per heavy atom. The van der Waals surface area contributed by atoms with Gasteiger partial charge >= 0.3 is 0 Å². The van der Waals surface area contributed by atoms with Crippen molar-refractivity contribution in [3.63, 3.8) is 0 Å². The van der Waals surface area contributed by atoms with Gasteiger partial charge in [-0.1, -0.05) is 69.7 Å². The van der Waals surface area contributed by atoms with Crippen LogP contribution in [0.1, 0.15) is 0 Å². The predicted octanol–water partition coefficient (Wildman–Crippen LogP) is 3.73. The Bertz CT molecular complexity index is 487. The average Bonchev–Trinajstić information content (AvgIpc) is 3.15. The van der Waals surface area contributed by atoms with E-state index in [1.54, 1.807) is 69.7 Å². The number of rotatable bonds is 10. The molecule has 0 fully saturated rings. The van der Waals surface area contributed by atoms with Crippen molar-refractivity contribution in [1.82, 2.24) is 20.4 Å². The average molecular weight is 399 g/mol. The molecular weight excluding hydrogens is 385 g/mol. The third kappa shape index (κ3) is 6.63. The van der Waals surface area contributed by atoms with E-state index in [1.165, 1.54) is 0 Å². The molecule has 0 aliphatic heterocycles. The summed E-state index contributed by atoms with van der Waals surface area (Å²) in [6, 6.07) is 0. The summed E-state index contributed by atoms with van der Waals surface area (Å²) in [6.07, 6.45) is 4.02. The van der Waals surface area contributed by atoms with Crippen molar-refractivity contribution in [2.24, 2.45) is 0 Å². The minimum absolute atomic E-state index is 0.728. The van der Waals surface area contributed by atoms with Gasteiger partial charge in [0.1, 0.15) is 0 Å². The lowest BCUT2D eigenvalue weighted by molar-refractivity contribution is 0.167. The first-order valence-electron chi connectivity index (χ1n) is 5.90. The van der Waals surface area contributed by atoms with Gasteiger partial charge in [-0.2, -0.15) is 0 Å². The van der Waals surface area contributed by atoms with E-state index in [1.807, 2.05) is 12.5 Å². The predicted molar refractivity (Wildman–Crippen MR) is 95.6 cm³/mol. The Kier molecular flexibility index (Phi) is 8.74. The van der Waals surface area contributed by atoms with Gasteiger partial charge in [0.25, 0.3) is 0 Å². The minimum atomic E-state index is 0.728. The standard InChI is InChI=1S/C10H14N4OS6/c1-16-7-11-13-9(20-7)18-5-3-15-4-6-19-10-14-12-8(17-2)21-10/h3-6H2,1-2H3. The van der Waals surface area contributed by atoms with E-state index >= 15 is 0 Å². The molecule has 0 atom stereocenters. The van der Waals surface area contributed by atoms with Crippen LogP contribution in [0, 0.1) is 0 Å². The molecule has 0 amide bonds. The Balaban J connectivity index is 1.50. The molecular formula is C10H14N4OS6. The molecule has 0 aliphatic rings. The van der Waals surface area contributed by atoms with E-state index in [4.69, 9.17) is 4.74 Å². The highest BCUT2D eigenvalue weighted by atomic mass is 32.2. The van der Waals surface area contributed by atoms with Crippen molar-refractivity contribution in [3.05, 3.63) is 0 Å². The molecule has 0 aromatic carbocycles. The quantitative estimate of drug-likeness (QED) is 0.440. The van der Waals surface area contributed by atoms with Crippen molar-refractivity contribution in [2.45, 2.75) is 17.4 Å². The van der Waals surface area contributed by atoms with Gasteiger partial charge in [0.2, 0.25) is 0 Å². The zero-order valence-electron chi connectivity index (χ0n) is 11.5. The summed E-state index contributed by atoms with van der Waals surface area (Å²) >= 11 is 9.90. The second-order valence-corrected chi connectivity index (χ2v) is 10.1. The first kappa shape index (κ1) is 17.8. The normalized spacial score (nSPS) is 11.1. The molecule has 0 bridgehead atoms. The SMILES string of the molecule is CSc1nnc(SCCOCCSc2nnc(SC)s2)s1. The van der Waals surface area contributed by atoms with E-state index in [0.29, 0.717) is 0 Å². The molecule has 11 heteroatoms. The van der Waals surface area contributed by atoms with Gasteiger partial charge in [0.05, 0.1) is 13.2 Å². The monoisotopic (exact) mass is 398 g/mol. The highest BCUT2D eigenvalue weighted by Crippen LogP contribution is 2.28. The van der Waals surface area contributed by atoms with Crippen molar-refractivity contribution >= 4 is 69.7 Å². The first-order chi connectivity index (χ1) is 10.3. The molecule has 0 aliphatic carbocycles. The molecule has 0 N–H and O–H groups in total. The Labute approximate surface area is 148 Å². The van der Waals surface area contributed by atoms with Crippen LogP contribution >= 0.6 is 69.7 Å². The maximum absolute atomic E-state index is 5.60. The van der Waals surface area contributed by atoms with Crippen LogP contribution in [0.3, 0.4) is 0 Å². The van der Waals surface area contributed by atoms with Crippen molar-refractivity contribution in [2.75, 3.05) is 37.2 Å². The molecule has 0 unspecified atom stereocenters. The van der Waals surface area contributed by atoms with Crippen LogP contribution < -0.4 is 0 Å². The second-order valence-electron chi connectivity index (χ2n) is 3.39. The fourth-order valence-corrected chi connectivity index (χ4v) is 5.87. The summed E-state index contributed by atoms with van der Waals surface area (Å²) in [5.41, 5.74) is 0.